The van der Waals surface area contributed by atoms with Gasteiger partial charge in [-0.15, -0.1) is 0 Å². The van der Waals surface area contributed by atoms with Crippen LogP contribution in [0, 0.1) is 5.82 Å². The molecule has 0 radical (unpaired) electrons. The predicted octanol–water partition coefficient (Wildman–Crippen LogP) is 2.14. The van der Waals surface area contributed by atoms with Gasteiger partial charge in [0.2, 0.25) is 0 Å². The van der Waals surface area contributed by atoms with Crippen LogP contribution in [0.5, 0.6) is 0 Å². The maximum Gasteiger partial charge on any atom is 0.146 e. The third kappa shape index (κ3) is 2.12. The van der Waals surface area contributed by atoms with Gasteiger partial charge in [0.1, 0.15) is 5.82 Å². The van der Waals surface area contributed by atoms with Crippen LogP contribution in [0.4, 0.5) is 10.1 Å². The molecular formula is C12H17FN2. The maximum absolute atomic E-state index is 13.6. The highest BCUT2D eigenvalue weighted by atomic mass is 19.1. The van der Waals surface area contributed by atoms with E-state index in [9.17, 15) is 4.39 Å². The average molecular weight is 208 g/mol. The monoisotopic (exact) mass is 208 g/mol. The minimum atomic E-state index is -0.124. The van der Waals surface area contributed by atoms with E-state index in [0.29, 0.717) is 12.6 Å². The van der Waals surface area contributed by atoms with Crippen molar-refractivity contribution in [2.45, 2.75) is 25.3 Å². The molecule has 0 spiro atoms. The topological polar surface area (TPSA) is 29.3 Å². The lowest BCUT2D eigenvalue weighted by atomic mass is 10.1. The molecule has 1 aromatic rings. The molecule has 1 aliphatic rings. The van der Waals surface area contributed by atoms with Crippen LogP contribution < -0.4 is 10.6 Å². The van der Waals surface area contributed by atoms with E-state index >= 15 is 0 Å². The Labute approximate surface area is 89.9 Å². The van der Waals surface area contributed by atoms with E-state index in [2.05, 4.69) is 4.90 Å². The molecule has 2 nitrogen and oxygen atoms in total. The summed E-state index contributed by atoms with van der Waals surface area (Å²) in [6, 6.07) is 7.41. The van der Waals surface area contributed by atoms with Gasteiger partial charge in [0.05, 0.1) is 5.69 Å². The molecule has 82 valence electrons. The van der Waals surface area contributed by atoms with E-state index in [1.54, 1.807) is 6.07 Å². The first-order valence-corrected chi connectivity index (χ1v) is 5.54. The SMILES string of the molecule is NCCC1CCCN1c1ccccc1F. The molecule has 0 saturated carbocycles. The first kappa shape index (κ1) is 10.4. The number of anilines is 1. The second-order valence-electron chi connectivity index (χ2n) is 4.02. The number of rotatable bonds is 3. The van der Waals surface area contributed by atoms with Crippen molar-refractivity contribution in [3.05, 3.63) is 30.1 Å². The fourth-order valence-electron chi connectivity index (χ4n) is 2.33. The number of para-hydroxylation sites is 1. The highest BCUT2D eigenvalue weighted by Gasteiger charge is 2.25. The molecule has 2 rings (SSSR count). The van der Waals surface area contributed by atoms with Crippen LogP contribution in [0.2, 0.25) is 0 Å². The van der Waals surface area contributed by atoms with E-state index < -0.39 is 0 Å². The zero-order valence-electron chi connectivity index (χ0n) is 8.82. The molecule has 1 unspecified atom stereocenters. The van der Waals surface area contributed by atoms with Gasteiger partial charge in [-0.05, 0) is 37.9 Å². The number of nitrogens with two attached hydrogens (primary N) is 1. The largest absolute Gasteiger partial charge is 0.366 e. The third-order valence-electron chi connectivity index (χ3n) is 3.04. The molecule has 1 saturated heterocycles. The van der Waals surface area contributed by atoms with Gasteiger partial charge in [0, 0.05) is 12.6 Å². The number of hydrogen-bond acceptors (Lipinski definition) is 2. The number of nitrogens with zero attached hydrogens (tertiary/aromatic N) is 1. The average Bonchev–Trinajstić information content (AvgIpc) is 2.67. The Morgan fingerprint density at radius 3 is 2.93 bits per heavy atom. The van der Waals surface area contributed by atoms with Crippen LogP contribution in [0.1, 0.15) is 19.3 Å². The summed E-state index contributed by atoms with van der Waals surface area (Å²) in [6.07, 6.45) is 3.22. The van der Waals surface area contributed by atoms with E-state index in [1.165, 1.54) is 6.07 Å². The Hall–Kier alpha value is -1.09. The summed E-state index contributed by atoms with van der Waals surface area (Å²) in [4.78, 5) is 2.15. The highest BCUT2D eigenvalue weighted by Crippen LogP contribution is 2.28. The number of hydrogen-bond donors (Lipinski definition) is 1. The molecule has 3 heteroatoms. The molecule has 0 aromatic heterocycles. The molecule has 1 heterocycles. The Kier molecular flexibility index (Phi) is 3.21. The summed E-state index contributed by atoms with van der Waals surface area (Å²) in [7, 11) is 0. The molecule has 1 fully saturated rings. The van der Waals surface area contributed by atoms with Crippen LogP contribution in [-0.2, 0) is 0 Å². The Balaban J connectivity index is 2.19. The van der Waals surface area contributed by atoms with Crippen LogP contribution in [0.3, 0.4) is 0 Å². The fraction of sp³-hybridized carbons (Fsp3) is 0.500. The zero-order chi connectivity index (χ0) is 10.7. The summed E-state index contributed by atoms with van der Waals surface area (Å²) in [5, 5.41) is 0. The zero-order valence-corrected chi connectivity index (χ0v) is 8.82. The Bertz CT molecular complexity index is 327. The van der Waals surface area contributed by atoms with Crippen molar-refractivity contribution in [2.75, 3.05) is 18.0 Å². The summed E-state index contributed by atoms with van der Waals surface area (Å²) < 4.78 is 13.6. The van der Waals surface area contributed by atoms with Crippen molar-refractivity contribution in [1.29, 1.82) is 0 Å². The quantitative estimate of drug-likeness (QED) is 0.824. The molecular weight excluding hydrogens is 191 g/mol. The molecule has 0 amide bonds. The van der Waals surface area contributed by atoms with E-state index in [-0.39, 0.29) is 5.82 Å². The van der Waals surface area contributed by atoms with Gasteiger partial charge in [0.15, 0.2) is 0 Å². The van der Waals surface area contributed by atoms with Crippen molar-refractivity contribution in [3.63, 3.8) is 0 Å². The summed E-state index contributed by atoms with van der Waals surface area (Å²) in [5.74, 6) is -0.124. The summed E-state index contributed by atoms with van der Waals surface area (Å²) in [5.41, 5.74) is 6.30. The minimum Gasteiger partial charge on any atom is -0.366 e. The van der Waals surface area contributed by atoms with E-state index in [1.807, 2.05) is 12.1 Å². The molecule has 1 atom stereocenters. The van der Waals surface area contributed by atoms with Gasteiger partial charge in [-0.3, -0.25) is 0 Å². The van der Waals surface area contributed by atoms with Gasteiger partial charge < -0.3 is 10.6 Å². The minimum absolute atomic E-state index is 0.124. The van der Waals surface area contributed by atoms with Crippen LogP contribution >= 0.6 is 0 Å². The summed E-state index contributed by atoms with van der Waals surface area (Å²) in [6.45, 7) is 1.63. The molecule has 2 N–H and O–H groups in total. The fourth-order valence-corrected chi connectivity index (χ4v) is 2.33. The molecule has 1 aromatic carbocycles. The van der Waals surface area contributed by atoms with Gasteiger partial charge >= 0.3 is 0 Å². The second-order valence-corrected chi connectivity index (χ2v) is 4.02. The van der Waals surface area contributed by atoms with Crippen LogP contribution in [-0.4, -0.2) is 19.1 Å². The maximum atomic E-state index is 13.6. The summed E-state index contributed by atoms with van der Waals surface area (Å²) >= 11 is 0. The predicted molar refractivity (Wildman–Crippen MR) is 60.4 cm³/mol. The molecule has 15 heavy (non-hydrogen) atoms. The van der Waals surface area contributed by atoms with Crippen LogP contribution in [0.25, 0.3) is 0 Å². The highest BCUT2D eigenvalue weighted by molar-refractivity contribution is 5.49. The molecule has 0 bridgehead atoms. The van der Waals surface area contributed by atoms with Crippen molar-refractivity contribution >= 4 is 5.69 Å². The van der Waals surface area contributed by atoms with Crippen molar-refractivity contribution < 1.29 is 4.39 Å². The van der Waals surface area contributed by atoms with Gasteiger partial charge in [0.25, 0.3) is 0 Å². The lowest BCUT2D eigenvalue weighted by Gasteiger charge is -2.26. The number of benzene rings is 1. The third-order valence-corrected chi connectivity index (χ3v) is 3.04. The lowest BCUT2D eigenvalue weighted by Crippen LogP contribution is -2.31. The normalized spacial score (nSPS) is 20.9. The Morgan fingerprint density at radius 1 is 1.40 bits per heavy atom. The first-order valence-electron chi connectivity index (χ1n) is 5.54. The molecule has 1 aliphatic heterocycles. The van der Waals surface area contributed by atoms with Gasteiger partial charge in [-0.1, -0.05) is 12.1 Å². The van der Waals surface area contributed by atoms with Crippen molar-refractivity contribution in [3.8, 4) is 0 Å². The van der Waals surface area contributed by atoms with Crippen LogP contribution in [0.15, 0.2) is 24.3 Å². The van der Waals surface area contributed by atoms with E-state index in [4.69, 9.17) is 5.73 Å². The lowest BCUT2D eigenvalue weighted by molar-refractivity contribution is 0.586. The molecule has 0 aliphatic carbocycles. The second kappa shape index (κ2) is 4.62. The van der Waals surface area contributed by atoms with Gasteiger partial charge in [-0.2, -0.15) is 0 Å². The first-order chi connectivity index (χ1) is 7.33. The number of halogens is 1. The van der Waals surface area contributed by atoms with Crippen molar-refractivity contribution in [1.82, 2.24) is 0 Å². The smallest absolute Gasteiger partial charge is 0.146 e. The van der Waals surface area contributed by atoms with Gasteiger partial charge in [-0.25, -0.2) is 4.39 Å². The Morgan fingerprint density at radius 2 is 2.20 bits per heavy atom. The van der Waals surface area contributed by atoms with Crippen molar-refractivity contribution in [2.24, 2.45) is 5.73 Å². The standard InChI is InChI=1S/C12H17FN2/c13-11-5-1-2-6-12(11)15-9-3-4-10(15)7-8-14/h1-2,5-6,10H,3-4,7-9,14H2. The van der Waals surface area contributed by atoms with E-state index in [0.717, 1.165) is 31.5 Å².